The summed E-state index contributed by atoms with van der Waals surface area (Å²) in [6.45, 7) is 9.33. The number of hydrogen-bond acceptors (Lipinski definition) is 3. The molecule has 0 radical (unpaired) electrons. The van der Waals surface area contributed by atoms with Crippen LogP contribution in [0.2, 0.25) is 5.02 Å². The summed E-state index contributed by atoms with van der Waals surface area (Å²) in [5.41, 5.74) is 2.33. The van der Waals surface area contributed by atoms with Crippen LogP contribution in [0.3, 0.4) is 0 Å². The van der Waals surface area contributed by atoms with Gasteiger partial charge < -0.3 is 14.8 Å². The first-order chi connectivity index (χ1) is 11.5. The molecule has 0 saturated carbocycles. The third-order valence-electron chi connectivity index (χ3n) is 3.63. The van der Waals surface area contributed by atoms with Gasteiger partial charge in [0.05, 0.1) is 17.7 Å². The van der Waals surface area contributed by atoms with Crippen molar-refractivity contribution >= 4 is 11.6 Å². The Hall–Kier alpha value is -1.71. The highest BCUT2D eigenvalue weighted by atomic mass is 35.5. The summed E-state index contributed by atoms with van der Waals surface area (Å²) in [6.07, 6.45) is 0.0452. The summed E-state index contributed by atoms with van der Waals surface area (Å²) < 4.78 is 11.5. The smallest absolute Gasteiger partial charge is 0.180 e. The van der Waals surface area contributed by atoms with Crippen LogP contribution in [0.4, 0.5) is 0 Å². The number of rotatable bonds is 8. The second-order valence-electron chi connectivity index (χ2n) is 6.02. The van der Waals surface area contributed by atoms with Gasteiger partial charge in [0.2, 0.25) is 0 Å². The van der Waals surface area contributed by atoms with Gasteiger partial charge in [-0.3, -0.25) is 0 Å². The average molecular weight is 348 g/mol. The zero-order chi connectivity index (χ0) is 17.5. The Morgan fingerprint density at radius 2 is 1.79 bits per heavy atom. The lowest BCUT2D eigenvalue weighted by molar-refractivity contribution is 0.224. The quantitative estimate of drug-likeness (QED) is 0.695. The van der Waals surface area contributed by atoms with Crippen molar-refractivity contribution in [2.24, 2.45) is 0 Å². The Bertz CT molecular complexity index is 644. The molecule has 2 rings (SSSR count). The van der Waals surface area contributed by atoms with E-state index in [1.807, 2.05) is 39.0 Å². The molecule has 24 heavy (non-hydrogen) atoms. The standard InChI is InChI=1S/C20H26ClNO2/c1-5-23-19-12-16(11-18(21)20(19)24-14(2)3)13-22-15(4)17-9-7-6-8-10-17/h6-12,14-15,22H,5,13H2,1-4H3/t15-/m1/s1. The maximum atomic E-state index is 6.41. The first kappa shape index (κ1) is 18.6. The molecule has 0 bridgehead atoms. The Morgan fingerprint density at radius 1 is 1.08 bits per heavy atom. The van der Waals surface area contributed by atoms with Gasteiger partial charge >= 0.3 is 0 Å². The van der Waals surface area contributed by atoms with Crippen molar-refractivity contribution in [3.05, 3.63) is 58.6 Å². The predicted octanol–water partition coefficient (Wildman–Crippen LogP) is 5.38. The third-order valence-corrected chi connectivity index (χ3v) is 3.92. The van der Waals surface area contributed by atoms with E-state index in [1.54, 1.807) is 0 Å². The number of benzene rings is 2. The lowest BCUT2D eigenvalue weighted by Gasteiger charge is -2.19. The summed E-state index contributed by atoms with van der Waals surface area (Å²) in [7, 11) is 0. The van der Waals surface area contributed by atoms with Crippen LogP contribution in [-0.4, -0.2) is 12.7 Å². The molecule has 0 aliphatic rings. The molecule has 0 heterocycles. The molecule has 0 aliphatic heterocycles. The highest BCUT2D eigenvalue weighted by Crippen LogP contribution is 2.37. The monoisotopic (exact) mass is 347 g/mol. The molecule has 0 aromatic heterocycles. The van der Waals surface area contributed by atoms with E-state index in [9.17, 15) is 0 Å². The number of halogens is 1. The molecule has 2 aromatic rings. The van der Waals surface area contributed by atoms with Crippen LogP contribution in [0.15, 0.2) is 42.5 Å². The third kappa shape index (κ3) is 5.15. The lowest BCUT2D eigenvalue weighted by atomic mass is 10.1. The molecular weight excluding hydrogens is 322 g/mol. The molecule has 1 atom stereocenters. The Morgan fingerprint density at radius 3 is 2.42 bits per heavy atom. The molecule has 0 amide bonds. The van der Waals surface area contributed by atoms with Gasteiger partial charge in [-0.25, -0.2) is 0 Å². The zero-order valence-corrected chi connectivity index (χ0v) is 15.6. The van der Waals surface area contributed by atoms with Gasteiger partial charge in [0.1, 0.15) is 0 Å². The minimum Gasteiger partial charge on any atom is -0.490 e. The van der Waals surface area contributed by atoms with Crippen LogP contribution < -0.4 is 14.8 Å². The fraction of sp³-hybridized carbons (Fsp3) is 0.400. The summed E-state index contributed by atoms with van der Waals surface area (Å²) >= 11 is 6.41. The molecule has 1 N–H and O–H groups in total. The molecule has 130 valence electrons. The molecule has 2 aromatic carbocycles. The van der Waals surface area contributed by atoms with E-state index < -0.39 is 0 Å². The van der Waals surface area contributed by atoms with E-state index in [0.29, 0.717) is 29.7 Å². The van der Waals surface area contributed by atoms with Gasteiger partial charge in [0, 0.05) is 12.6 Å². The molecule has 3 nitrogen and oxygen atoms in total. The van der Waals surface area contributed by atoms with Crippen LogP contribution in [0, 0.1) is 0 Å². The van der Waals surface area contributed by atoms with Crippen molar-refractivity contribution in [2.45, 2.75) is 46.4 Å². The van der Waals surface area contributed by atoms with Crippen molar-refractivity contribution < 1.29 is 9.47 Å². The minimum absolute atomic E-state index is 0.0452. The molecule has 0 unspecified atom stereocenters. The summed E-state index contributed by atoms with van der Waals surface area (Å²) in [5, 5.41) is 4.10. The highest BCUT2D eigenvalue weighted by Gasteiger charge is 2.14. The van der Waals surface area contributed by atoms with Crippen molar-refractivity contribution in [1.29, 1.82) is 0 Å². The zero-order valence-electron chi connectivity index (χ0n) is 14.8. The number of hydrogen-bond donors (Lipinski definition) is 1. The van der Waals surface area contributed by atoms with Gasteiger partial charge in [0.15, 0.2) is 11.5 Å². The van der Waals surface area contributed by atoms with Crippen LogP contribution in [0.1, 0.15) is 44.9 Å². The van der Waals surface area contributed by atoms with Gasteiger partial charge in [-0.2, -0.15) is 0 Å². The maximum absolute atomic E-state index is 6.41. The van der Waals surface area contributed by atoms with E-state index in [0.717, 1.165) is 5.56 Å². The van der Waals surface area contributed by atoms with Gasteiger partial charge in [0.25, 0.3) is 0 Å². The second kappa shape index (κ2) is 8.95. The molecule has 0 aliphatic carbocycles. The molecule has 0 spiro atoms. The van der Waals surface area contributed by atoms with Gasteiger partial charge in [-0.1, -0.05) is 41.9 Å². The lowest BCUT2D eigenvalue weighted by Crippen LogP contribution is -2.18. The van der Waals surface area contributed by atoms with E-state index in [2.05, 4.69) is 36.5 Å². The molecule has 0 fully saturated rings. The minimum atomic E-state index is 0.0452. The molecular formula is C20H26ClNO2. The summed E-state index contributed by atoms with van der Waals surface area (Å²) in [4.78, 5) is 0. The fourth-order valence-electron chi connectivity index (χ4n) is 2.47. The van der Waals surface area contributed by atoms with Crippen molar-refractivity contribution in [2.75, 3.05) is 6.61 Å². The number of nitrogens with one attached hydrogen (secondary N) is 1. The Labute approximate surface area is 149 Å². The highest BCUT2D eigenvalue weighted by molar-refractivity contribution is 6.32. The SMILES string of the molecule is CCOc1cc(CN[C@H](C)c2ccccc2)cc(Cl)c1OC(C)C. The summed E-state index contributed by atoms with van der Waals surface area (Å²) in [5.74, 6) is 1.32. The Kier molecular flexibility index (Phi) is 6.95. The van der Waals surface area contributed by atoms with E-state index in [-0.39, 0.29) is 12.1 Å². The predicted molar refractivity (Wildman–Crippen MR) is 100 cm³/mol. The maximum Gasteiger partial charge on any atom is 0.180 e. The van der Waals surface area contributed by atoms with Crippen LogP contribution >= 0.6 is 11.6 Å². The first-order valence-electron chi connectivity index (χ1n) is 8.41. The van der Waals surface area contributed by atoms with Crippen LogP contribution in [-0.2, 0) is 6.54 Å². The largest absolute Gasteiger partial charge is 0.490 e. The van der Waals surface area contributed by atoms with E-state index in [1.165, 1.54) is 5.56 Å². The fourth-order valence-corrected chi connectivity index (χ4v) is 2.74. The first-order valence-corrected chi connectivity index (χ1v) is 8.79. The topological polar surface area (TPSA) is 30.5 Å². The number of ether oxygens (including phenoxy) is 2. The summed E-state index contributed by atoms with van der Waals surface area (Å²) in [6, 6.07) is 14.6. The van der Waals surface area contributed by atoms with E-state index >= 15 is 0 Å². The van der Waals surface area contributed by atoms with Gasteiger partial charge in [-0.05, 0) is 51.0 Å². The Balaban J connectivity index is 2.12. The van der Waals surface area contributed by atoms with Crippen molar-refractivity contribution in [1.82, 2.24) is 5.32 Å². The molecule has 0 saturated heterocycles. The van der Waals surface area contributed by atoms with Gasteiger partial charge in [-0.15, -0.1) is 0 Å². The molecule has 4 heteroatoms. The second-order valence-corrected chi connectivity index (χ2v) is 6.42. The van der Waals surface area contributed by atoms with E-state index in [4.69, 9.17) is 21.1 Å². The van der Waals surface area contributed by atoms with Crippen molar-refractivity contribution in [3.63, 3.8) is 0 Å². The van der Waals surface area contributed by atoms with Crippen LogP contribution in [0.25, 0.3) is 0 Å². The van der Waals surface area contributed by atoms with Crippen LogP contribution in [0.5, 0.6) is 11.5 Å². The normalized spacial score (nSPS) is 12.2. The van der Waals surface area contributed by atoms with Crippen molar-refractivity contribution in [3.8, 4) is 11.5 Å². The average Bonchev–Trinajstić information content (AvgIpc) is 2.56.